The molecule has 3 aromatic rings. The van der Waals surface area contributed by atoms with E-state index in [0.29, 0.717) is 23.0 Å². The summed E-state index contributed by atoms with van der Waals surface area (Å²) in [5.74, 6) is -0.486. The van der Waals surface area contributed by atoms with Crippen LogP contribution in [0.5, 0.6) is 11.5 Å². The summed E-state index contributed by atoms with van der Waals surface area (Å²) in [5, 5.41) is 2.79. The fraction of sp³-hybridized carbons (Fsp3) is 0.190. The molecule has 0 bridgehead atoms. The number of imidazole rings is 1. The number of hydrogen-bond acceptors (Lipinski definition) is 5. The second-order valence-corrected chi connectivity index (χ2v) is 6.77. The van der Waals surface area contributed by atoms with Gasteiger partial charge in [-0.1, -0.05) is 18.2 Å². The predicted molar refractivity (Wildman–Crippen MR) is 106 cm³/mol. The quantitative estimate of drug-likeness (QED) is 0.649. The largest absolute Gasteiger partial charge is 0.493 e. The first-order chi connectivity index (χ1) is 14.5. The summed E-state index contributed by atoms with van der Waals surface area (Å²) >= 11 is 0. The number of anilines is 1. The van der Waals surface area contributed by atoms with Crippen LogP contribution in [0, 0.1) is 5.82 Å². The summed E-state index contributed by atoms with van der Waals surface area (Å²) in [5.41, 5.74) is 6.79. The lowest BCUT2D eigenvalue weighted by molar-refractivity contribution is -0.120. The molecule has 1 aromatic heterocycles. The molecular weight excluding hydrogens is 391 g/mol. The number of benzene rings is 2. The van der Waals surface area contributed by atoms with Crippen LogP contribution < -0.4 is 20.5 Å². The highest BCUT2D eigenvalue weighted by molar-refractivity contribution is 5.94. The third-order valence-electron chi connectivity index (χ3n) is 4.85. The molecule has 8 nitrogen and oxygen atoms in total. The molecule has 0 saturated heterocycles. The highest BCUT2D eigenvalue weighted by atomic mass is 19.1. The number of carbonyl (C=O) groups is 2. The zero-order valence-corrected chi connectivity index (χ0v) is 16.1. The minimum absolute atomic E-state index is 0.156. The number of carbonyl (C=O) groups excluding carboxylic acids is 2. The molecule has 9 heteroatoms. The van der Waals surface area contributed by atoms with Crippen molar-refractivity contribution in [3.8, 4) is 17.2 Å². The van der Waals surface area contributed by atoms with Crippen molar-refractivity contribution in [3.63, 3.8) is 0 Å². The number of hydrogen-bond donors (Lipinski definition) is 2. The van der Waals surface area contributed by atoms with E-state index in [9.17, 15) is 14.0 Å². The Labute approximate surface area is 171 Å². The molecule has 0 aliphatic carbocycles. The maximum atomic E-state index is 14.3. The lowest BCUT2D eigenvalue weighted by Crippen LogP contribution is -2.25. The maximum Gasteiger partial charge on any atom is 0.255 e. The molecule has 2 aromatic carbocycles. The second-order valence-electron chi connectivity index (χ2n) is 6.77. The molecule has 2 amide bonds. The molecule has 1 atom stereocenters. The lowest BCUT2D eigenvalue weighted by atomic mass is 9.89. The van der Waals surface area contributed by atoms with Crippen molar-refractivity contribution < 1.29 is 23.5 Å². The van der Waals surface area contributed by atoms with E-state index in [1.54, 1.807) is 36.4 Å². The molecule has 2 heterocycles. The van der Waals surface area contributed by atoms with Gasteiger partial charge in [-0.05, 0) is 29.8 Å². The summed E-state index contributed by atoms with van der Waals surface area (Å²) in [6.45, 7) is -0.307. The molecule has 3 N–H and O–H groups in total. The van der Waals surface area contributed by atoms with Gasteiger partial charge in [0.15, 0.2) is 18.1 Å². The van der Waals surface area contributed by atoms with Gasteiger partial charge in [-0.25, -0.2) is 9.37 Å². The fourth-order valence-corrected chi connectivity index (χ4v) is 3.48. The minimum atomic E-state index is -0.620. The Bertz CT molecular complexity index is 1130. The molecule has 154 valence electrons. The van der Waals surface area contributed by atoms with E-state index in [1.807, 2.05) is 0 Å². The van der Waals surface area contributed by atoms with Gasteiger partial charge in [-0.3, -0.25) is 14.2 Å². The van der Waals surface area contributed by atoms with E-state index < -0.39 is 11.7 Å². The first-order valence-electron chi connectivity index (χ1n) is 9.19. The zero-order chi connectivity index (χ0) is 21.3. The molecular formula is C21H19FN4O4. The Morgan fingerprint density at radius 1 is 1.30 bits per heavy atom. The van der Waals surface area contributed by atoms with Gasteiger partial charge < -0.3 is 20.5 Å². The Morgan fingerprint density at radius 3 is 2.83 bits per heavy atom. The number of fused-ring (bicyclic) bond motifs is 1. The number of aromatic nitrogens is 2. The maximum absolute atomic E-state index is 14.3. The van der Waals surface area contributed by atoms with Crippen molar-refractivity contribution in [2.75, 3.05) is 19.0 Å². The van der Waals surface area contributed by atoms with Crippen molar-refractivity contribution in [2.45, 2.75) is 12.3 Å². The topological polar surface area (TPSA) is 108 Å². The van der Waals surface area contributed by atoms with E-state index in [0.717, 1.165) is 5.56 Å². The van der Waals surface area contributed by atoms with Crippen molar-refractivity contribution in [2.24, 2.45) is 5.73 Å². The summed E-state index contributed by atoms with van der Waals surface area (Å²) in [6.07, 6.45) is 1.64. The molecule has 1 aliphatic rings. The Balaban J connectivity index is 1.76. The van der Waals surface area contributed by atoms with Crippen LogP contribution in [-0.2, 0) is 9.59 Å². The number of halogens is 1. The summed E-state index contributed by atoms with van der Waals surface area (Å²) in [7, 11) is 1.48. The van der Waals surface area contributed by atoms with Gasteiger partial charge in [0.1, 0.15) is 18.0 Å². The number of methoxy groups -OCH3 is 1. The van der Waals surface area contributed by atoms with Crippen LogP contribution in [0.1, 0.15) is 23.6 Å². The van der Waals surface area contributed by atoms with Gasteiger partial charge in [-0.2, -0.15) is 0 Å². The van der Waals surface area contributed by atoms with E-state index in [4.69, 9.17) is 15.2 Å². The number of rotatable bonds is 6. The molecule has 1 aliphatic heterocycles. The van der Waals surface area contributed by atoms with Gasteiger partial charge in [-0.15, -0.1) is 0 Å². The number of nitrogens with one attached hydrogen (secondary N) is 1. The predicted octanol–water partition coefficient (Wildman–Crippen LogP) is 2.36. The number of amides is 2. The van der Waals surface area contributed by atoms with Gasteiger partial charge in [0.25, 0.3) is 5.91 Å². The van der Waals surface area contributed by atoms with E-state index in [1.165, 1.54) is 24.1 Å². The summed E-state index contributed by atoms with van der Waals surface area (Å²) in [6, 6.07) is 11.4. The van der Waals surface area contributed by atoms with Crippen LogP contribution in [0.4, 0.5) is 10.2 Å². The molecule has 0 radical (unpaired) electrons. The zero-order valence-electron chi connectivity index (χ0n) is 16.1. The second kappa shape index (κ2) is 7.86. The molecule has 0 spiro atoms. The number of nitrogens with zero attached hydrogens (tertiary/aromatic N) is 2. The highest BCUT2D eigenvalue weighted by Crippen LogP contribution is 2.40. The number of ether oxygens (including phenoxy) is 2. The van der Waals surface area contributed by atoms with Crippen LogP contribution >= 0.6 is 0 Å². The van der Waals surface area contributed by atoms with Gasteiger partial charge >= 0.3 is 0 Å². The van der Waals surface area contributed by atoms with Crippen molar-refractivity contribution in [3.05, 3.63) is 65.9 Å². The van der Waals surface area contributed by atoms with Gasteiger partial charge in [0.05, 0.1) is 18.5 Å². The Morgan fingerprint density at radius 2 is 2.10 bits per heavy atom. The standard InChI is InChI=1S/C21H19FN4O4/c1-29-16-7-6-12(8-17(16)30-10-18(23)27)13-9-19(28)25-21-20(13)24-11-26(21)15-5-3-2-4-14(15)22/h2-8,11,13H,9-10H2,1H3,(H2,23,27)(H,25,28)/t13-/m0/s1. The van der Waals surface area contributed by atoms with Gasteiger partial charge in [0, 0.05) is 12.3 Å². The minimum Gasteiger partial charge on any atom is -0.493 e. The van der Waals surface area contributed by atoms with Crippen LogP contribution in [0.15, 0.2) is 48.8 Å². The molecule has 30 heavy (non-hydrogen) atoms. The Hall–Kier alpha value is -3.88. The van der Waals surface area contributed by atoms with Crippen LogP contribution in [0.2, 0.25) is 0 Å². The molecule has 0 unspecified atom stereocenters. The molecule has 4 rings (SSSR count). The summed E-state index contributed by atoms with van der Waals surface area (Å²) < 4.78 is 26.5. The SMILES string of the molecule is COc1ccc([C@@H]2CC(=O)Nc3c2ncn3-c2ccccc2F)cc1OCC(N)=O. The van der Waals surface area contributed by atoms with Crippen molar-refractivity contribution >= 4 is 17.6 Å². The normalized spacial score (nSPS) is 15.3. The van der Waals surface area contributed by atoms with E-state index in [2.05, 4.69) is 10.3 Å². The third-order valence-corrected chi connectivity index (χ3v) is 4.85. The van der Waals surface area contributed by atoms with E-state index in [-0.39, 0.29) is 30.5 Å². The summed E-state index contributed by atoms with van der Waals surface area (Å²) in [4.78, 5) is 28.0. The van der Waals surface area contributed by atoms with Crippen molar-refractivity contribution in [1.82, 2.24) is 9.55 Å². The highest BCUT2D eigenvalue weighted by Gasteiger charge is 2.32. The van der Waals surface area contributed by atoms with E-state index >= 15 is 0 Å². The molecule has 0 saturated carbocycles. The number of para-hydroxylation sites is 1. The van der Waals surface area contributed by atoms with Crippen LogP contribution in [0.3, 0.4) is 0 Å². The average molecular weight is 410 g/mol. The molecule has 0 fully saturated rings. The number of primary amides is 1. The van der Waals surface area contributed by atoms with Gasteiger partial charge in [0.2, 0.25) is 5.91 Å². The fourth-order valence-electron chi connectivity index (χ4n) is 3.48. The van der Waals surface area contributed by atoms with Crippen LogP contribution in [0.25, 0.3) is 5.69 Å². The Kier molecular flexibility index (Phi) is 5.09. The smallest absolute Gasteiger partial charge is 0.255 e. The average Bonchev–Trinajstić information content (AvgIpc) is 3.15. The van der Waals surface area contributed by atoms with Crippen LogP contribution in [-0.4, -0.2) is 35.1 Å². The first kappa shape index (κ1) is 19.4. The lowest BCUT2D eigenvalue weighted by Gasteiger charge is -2.24. The third kappa shape index (κ3) is 3.57. The first-order valence-corrected chi connectivity index (χ1v) is 9.19. The number of nitrogens with two attached hydrogens (primary N) is 1. The monoisotopic (exact) mass is 410 g/mol. The van der Waals surface area contributed by atoms with Crippen molar-refractivity contribution in [1.29, 1.82) is 0 Å².